The molecular formula is C10H10BrNO4. The highest BCUT2D eigenvalue weighted by atomic mass is 79.9. The van der Waals surface area contributed by atoms with E-state index in [2.05, 4.69) is 15.9 Å². The molecule has 0 saturated carbocycles. The van der Waals surface area contributed by atoms with Gasteiger partial charge in [-0.1, -0.05) is 0 Å². The molecule has 0 unspecified atom stereocenters. The molecule has 1 aromatic rings. The fourth-order valence-electron chi connectivity index (χ4n) is 2.01. The van der Waals surface area contributed by atoms with Gasteiger partial charge >= 0.3 is 5.97 Å². The van der Waals surface area contributed by atoms with Crippen molar-refractivity contribution in [2.45, 2.75) is 25.8 Å². The number of hydrogen-bond acceptors (Lipinski definition) is 3. The second-order valence-electron chi connectivity index (χ2n) is 3.70. The lowest BCUT2D eigenvalue weighted by atomic mass is 10.0. The van der Waals surface area contributed by atoms with Crippen LogP contribution in [0.4, 0.5) is 0 Å². The third-order valence-electron chi connectivity index (χ3n) is 2.75. The Hall–Kier alpha value is -1.30. The number of fused-ring (bicyclic) bond motifs is 1. The molecule has 6 heteroatoms. The number of carbonyl (C=O) groups is 1. The first-order valence-electron chi connectivity index (χ1n) is 4.91. The Kier molecular flexibility index (Phi) is 2.75. The molecule has 0 bridgehead atoms. The summed E-state index contributed by atoms with van der Waals surface area (Å²) in [5, 5.41) is 18.7. The van der Waals surface area contributed by atoms with Crippen molar-refractivity contribution in [1.29, 1.82) is 0 Å². The van der Waals surface area contributed by atoms with Crippen LogP contribution in [-0.2, 0) is 13.0 Å². The van der Waals surface area contributed by atoms with Gasteiger partial charge in [0.25, 0.3) is 5.56 Å². The molecule has 0 spiro atoms. The summed E-state index contributed by atoms with van der Waals surface area (Å²) in [5.41, 5.74) is -0.104. The molecule has 0 radical (unpaired) electrons. The molecule has 2 N–H and O–H groups in total. The number of aromatic hydroxyl groups is 1. The summed E-state index contributed by atoms with van der Waals surface area (Å²) in [6, 6.07) is 0. The monoisotopic (exact) mass is 287 g/mol. The van der Waals surface area contributed by atoms with Gasteiger partial charge in [0.2, 0.25) is 0 Å². The molecule has 0 fully saturated rings. The van der Waals surface area contributed by atoms with E-state index in [0.29, 0.717) is 18.7 Å². The van der Waals surface area contributed by atoms with Crippen LogP contribution in [0.15, 0.2) is 9.27 Å². The maximum Gasteiger partial charge on any atom is 0.341 e. The molecule has 2 rings (SSSR count). The maximum atomic E-state index is 11.8. The molecule has 5 nitrogen and oxygen atoms in total. The van der Waals surface area contributed by atoms with Crippen LogP contribution in [0.1, 0.15) is 28.9 Å². The van der Waals surface area contributed by atoms with E-state index in [1.54, 1.807) is 0 Å². The van der Waals surface area contributed by atoms with Gasteiger partial charge in [-0.25, -0.2) is 4.79 Å². The Morgan fingerprint density at radius 3 is 2.69 bits per heavy atom. The summed E-state index contributed by atoms with van der Waals surface area (Å²) >= 11 is 2.93. The second kappa shape index (κ2) is 3.93. The van der Waals surface area contributed by atoms with Gasteiger partial charge in [0.1, 0.15) is 10.0 Å². The highest BCUT2D eigenvalue weighted by molar-refractivity contribution is 9.10. The van der Waals surface area contributed by atoms with E-state index < -0.39 is 11.7 Å². The maximum absolute atomic E-state index is 11.8. The largest absolute Gasteiger partial charge is 0.506 e. The minimum Gasteiger partial charge on any atom is -0.506 e. The fraction of sp³-hybridized carbons (Fsp3) is 0.400. The van der Waals surface area contributed by atoms with Crippen molar-refractivity contribution in [3.63, 3.8) is 0 Å². The lowest BCUT2D eigenvalue weighted by Gasteiger charge is -2.21. The Morgan fingerprint density at radius 1 is 1.38 bits per heavy atom. The first-order valence-corrected chi connectivity index (χ1v) is 5.70. The zero-order valence-electron chi connectivity index (χ0n) is 8.36. The number of nitrogens with zero attached hydrogens (tertiary/aromatic N) is 1. The Morgan fingerprint density at radius 2 is 2.06 bits per heavy atom. The van der Waals surface area contributed by atoms with Crippen LogP contribution in [0.2, 0.25) is 0 Å². The molecule has 1 aromatic heterocycles. The molecule has 0 amide bonds. The van der Waals surface area contributed by atoms with E-state index >= 15 is 0 Å². The first kappa shape index (κ1) is 11.2. The van der Waals surface area contributed by atoms with E-state index in [1.165, 1.54) is 4.57 Å². The Bertz CT molecular complexity index is 521. The number of carboxylic acids is 1. The molecule has 0 aromatic carbocycles. The zero-order chi connectivity index (χ0) is 11.9. The standard InChI is InChI=1S/C10H10BrNO4/c11-7-8(13)6(10(15)16)5-3-1-2-4-12(5)9(7)14/h13H,1-4H2,(H,15,16). The van der Waals surface area contributed by atoms with Crippen molar-refractivity contribution in [3.8, 4) is 5.75 Å². The molecule has 86 valence electrons. The summed E-state index contributed by atoms with van der Waals surface area (Å²) in [7, 11) is 0. The van der Waals surface area contributed by atoms with Crippen molar-refractivity contribution in [2.24, 2.45) is 0 Å². The topological polar surface area (TPSA) is 79.5 Å². The molecule has 0 atom stereocenters. The number of hydrogen-bond donors (Lipinski definition) is 2. The lowest BCUT2D eigenvalue weighted by Crippen LogP contribution is -2.30. The number of aromatic nitrogens is 1. The molecule has 0 aliphatic carbocycles. The number of rotatable bonds is 1. The number of carboxylic acid groups (broad SMARTS) is 1. The average molecular weight is 288 g/mol. The van der Waals surface area contributed by atoms with Gasteiger partial charge in [-0.05, 0) is 35.2 Å². The van der Waals surface area contributed by atoms with Crippen molar-refractivity contribution in [2.75, 3.05) is 0 Å². The van der Waals surface area contributed by atoms with E-state index in [9.17, 15) is 14.7 Å². The first-order chi connectivity index (χ1) is 7.54. The summed E-state index contributed by atoms with van der Waals surface area (Å²) < 4.78 is 1.35. The molecule has 0 saturated heterocycles. The Labute approximate surface area is 99.5 Å². The quantitative estimate of drug-likeness (QED) is 0.817. The summed E-state index contributed by atoms with van der Waals surface area (Å²) in [6.07, 6.45) is 2.20. The van der Waals surface area contributed by atoms with Crippen LogP contribution >= 0.6 is 15.9 Å². The smallest absolute Gasteiger partial charge is 0.341 e. The van der Waals surface area contributed by atoms with Crippen LogP contribution in [0, 0.1) is 0 Å². The Balaban J connectivity index is 2.83. The lowest BCUT2D eigenvalue weighted by molar-refractivity contribution is 0.0690. The number of pyridine rings is 1. The van der Waals surface area contributed by atoms with Gasteiger partial charge < -0.3 is 14.8 Å². The zero-order valence-corrected chi connectivity index (χ0v) is 9.95. The van der Waals surface area contributed by atoms with Gasteiger partial charge in [-0.3, -0.25) is 4.79 Å². The SMILES string of the molecule is O=C(O)c1c(O)c(Br)c(=O)n2c1CCCC2. The molecule has 16 heavy (non-hydrogen) atoms. The second-order valence-corrected chi connectivity index (χ2v) is 4.50. The summed E-state index contributed by atoms with van der Waals surface area (Å²) in [5.74, 6) is -1.67. The minimum absolute atomic E-state index is 0.0736. The van der Waals surface area contributed by atoms with Crippen molar-refractivity contribution < 1.29 is 15.0 Å². The molecular weight excluding hydrogens is 278 g/mol. The van der Waals surface area contributed by atoms with E-state index in [-0.39, 0.29) is 15.6 Å². The third kappa shape index (κ3) is 1.53. The van der Waals surface area contributed by atoms with Gasteiger partial charge in [0, 0.05) is 12.2 Å². The molecule has 1 aliphatic heterocycles. The van der Waals surface area contributed by atoms with Gasteiger partial charge in [-0.15, -0.1) is 0 Å². The van der Waals surface area contributed by atoms with Gasteiger partial charge in [0.15, 0.2) is 5.75 Å². The fourth-order valence-corrected chi connectivity index (χ4v) is 2.42. The summed E-state index contributed by atoms with van der Waals surface area (Å²) in [4.78, 5) is 22.8. The van der Waals surface area contributed by atoms with Crippen LogP contribution in [-0.4, -0.2) is 20.7 Å². The van der Waals surface area contributed by atoms with Gasteiger partial charge in [0.05, 0.1) is 0 Å². The predicted molar refractivity (Wildman–Crippen MR) is 60.0 cm³/mol. The van der Waals surface area contributed by atoms with E-state index in [4.69, 9.17) is 5.11 Å². The predicted octanol–water partition coefficient (Wildman–Crippen LogP) is 1.35. The highest BCUT2D eigenvalue weighted by Crippen LogP contribution is 2.30. The normalized spacial score (nSPS) is 14.6. The van der Waals surface area contributed by atoms with Crippen LogP contribution < -0.4 is 5.56 Å². The van der Waals surface area contributed by atoms with Crippen molar-refractivity contribution in [1.82, 2.24) is 4.57 Å². The third-order valence-corrected chi connectivity index (χ3v) is 3.47. The average Bonchev–Trinajstić information content (AvgIpc) is 2.26. The number of aromatic carboxylic acids is 1. The number of halogens is 1. The van der Waals surface area contributed by atoms with Gasteiger partial charge in [-0.2, -0.15) is 0 Å². The summed E-state index contributed by atoms with van der Waals surface area (Å²) in [6.45, 7) is 0.507. The minimum atomic E-state index is -1.20. The highest BCUT2D eigenvalue weighted by Gasteiger charge is 2.25. The molecule has 2 heterocycles. The van der Waals surface area contributed by atoms with Crippen LogP contribution in [0.25, 0.3) is 0 Å². The van der Waals surface area contributed by atoms with Crippen molar-refractivity contribution >= 4 is 21.9 Å². The molecule has 1 aliphatic rings. The van der Waals surface area contributed by atoms with Crippen LogP contribution in [0.5, 0.6) is 5.75 Å². The van der Waals surface area contributed by atoms with Crippen LogP contribution in [0.3, 0.4) is 0 Å². The van der Waals surface area contributed by atoms with Crippen molar-refractivity contribution in [3.05, 3.63) is 26.1 Å². The van der Waals surface area contributed by atoms with E-state index in [1.807, 2.05) is 0 Å². The van der Waals surface area contributed by atoms with E-state index in [0.717, 1.165) is 12.8 Å².